The highest BCUT2D eigenvalue weighted by Gasteiger charge is 2.04. The Bertz CT molecular complexity index is 382. The summed E-state index contributed by atoms with van der Waals surface area (Å²) in [5, 5.41) is 13.8. The molecule has 1 heterocycles. The summed E-state index contributed by atoms with van der Waals surface area (Å²) in [5.74, 6) is -0.878. The molecule has 16 heavy (non-hydrogen) atoms. The molecular weight excluding hydrogens is 230 g/mol. The fourth-order valence-corrected chi connectivity index (χ4v) is 1.31. The molecule has 88 valence electrons. The van der Waals surface area contributed by atoms with Gasteiger partial charge in [-0.05, 0) is 12.1 Å². The maximum Gasteiger partial charge on any atom is 0.127 e. The number of aromatic carboxylic acids is 1. The SMILES string of the molecule is C[NH+](C)CCNc1ccc(Cl)c(C(=O)[O-])n1. The number of nitrogens with zero attached hydrogens (tertiary/aromatic N) is 1. The number of carbonyl (C=O) groups is 1. The molecule has 0 aliphatic rings. The van der Waals surface area contributed by atoms with Crippen molar-refractivity contribution in [2.75, 3.05) is 32.5 Å². The van der Waals surface area contributed by atoms with Crippen LogP contribution in [0.25, 0.3) is 0 Å². The zero-order valence-electron chi connectivity index (χ0n) is 9.21. The Morgan fingerprint density at radius 1 is 1.56 bits per heavy atom. The van der Waals surface area contributed by atoms with Gasteiger partial charge in [0.25, 0.3) is 0 Å². The maximum absolute atomic E-state index is 10.7. The predicted molar refractivity (Wildman–Crippen MR) is 59.7 cm³/mol. The Hall–Kier alpha value is -1.33. The van der Waals surface area contributed by atoms with Gasteiger partial charge in [-0.1, -0.05) is 11.6 Å². The normalized spacial score (nSPS) is 10.5. The van der Waals surface area contributed by atoms with Crippen molar-refractivity contribution in [2.24, 2.45) is 0 Å². The van der Waals surface area contributed by atoms with Crippen molar-refractivity contribution in [2.45, 2.75) is 0 Å². The van der Waals surface area contributed by atoms with Crippen LogP contribution in [0.4, 0.5) is 5.82 Å². The number of halogens is 1. The van der Waals surface area contributed by atoms with Crippen molar-refractivity contribution in [3.05, 3.63) is 22.8 Å². The predicted octanol–water partition coefficient (Wildman–Crippen LogP) is -1.35. The number of anilines is 1. The number of nitrogens with one attached hydrogen (secondary N) is 2. The van der Waals surface area contributed by atoms with E-state index in [4.69, 9.17) is 11.6 Å². The van der Waals surface area contributed by atoms with E-state index in [1.54, 1.807) is 6.07 Å². The van der Waals surface area contributed by atoms with E-state index < -0.39 is 5.97 Å². The lowest BCUT2D eigenvalue weighted by atomic mass is 10.3. The first-order chi connectivity index (χ1) is 7.50. The Kier molecular flexibility index (Phi) is 4.52. The summed E-state index contributed by atoms with van der Waals surface area (Å²) in [6.07, 6.45) is 0. The lowest BCUT2D eigenvalue weighted by Crippen LogP contribution is -3.06. The summed E-state index contributed by atoms with van der Waals surface area (Å²) in [5.41, 5.74) is -0.233. The third-order valence-electron chi connectivity index (χ3n) is 1.97. The molecule has 0 fully saturated rings. The second-order valence-electron chi connectivity index (χ2n) is 3.70. The zero-order valence-corrected chi connectivity index (χ0v) is 9.97. The molecular formula is C10H14ClN3O2. The van der Waals surface area contributed by atoms with Gasteiger partial charge in [0.15, 0.2) is 0 Å². The number of rotatable bonds is 5. The van der Waals surface area contributed by atoms with Gasteiger partial charge in [-0.2, -0.15) is 0 Å². The largest absolute Gasteiger partial charge is 0.543 e. The highest BCUT2D eigenvalue weighted by molar-refractivity contribution is 6.33. The maximum atomic E-state index is 10.7. The van der Waals surface area contributed by atoms with Crippen LogP contribution in [0, 0.1) is 0 Å². The summed E-state index contributed by atoms with van der Waals surface area (Å²) < 4.78 is 0. The summed E-state index contributed by atoms with van der Waals surface area (Å²) in [6.45, 7) is 1.62. The van der Waals surface area contributed by atoms with Crippen molar-refractivity contribution >= 4 is 23.4 Å². The zero-order chi connectivity index (χ0) is 12.1. The molecule has 0 spiro atoms. The lowest BCUT2D eigenvalue weighted by Gasteiger charge is -2.10. The first-order valence-corrected chi connectivity index (χ1v) is 5.29. The number of carboxylic acids is 1. The lowest BCUT2D eigenvalue weighted by molar-refractivity contribution is -0.856. The Morgan fingerprint density at radius 3 is 2.81 bits per heavy atom. The molecule has 0 aliphatic carbocycles. The van der Waals surface area contributed by atoms with Crippen molar-refractivity contribution in [3.63, 3.8) is 0 Å². The van der Waals surface area contributed by atoms with E-state index in [0.717, 1.165) is 6.54 Å². The molecule has 0 bridgehead atoms. The van der Waals surface area contributed by atoms with Crippen LogP contribution in [0.1, 0.15) is 10.5 Å². The first kappa shape index (κ1) is 12.7. The summed E-state index contributed by atoms with van der Waals surface area (Å²) in [6, 6.07) is 3.13. The van der Waals surface area contributed by atoms with Crippen LogP contribution in [0.5, 0.6) is 0 Å². The van der Waals surface area contributed by atoms with Crippen molar-refractivity contribution in [3.8, 4) is 0 Å². The topological polar surface area (TPSA) is 69.5 Å². The van der Waals surface area contributed by atoms with Crippen LogP contribution >= 0.6 is 11.6 Å². The molecule has 0 unspecified atom stereocenters. The fraction of sp³-hybridized carbons (Fsp3) is 0.400. The third-order valence-corrected chi connectivity index (χ3v) is 2.28. The average molecular weight is 244 g/mol. The number of carboxylic acid groups (broad SMARTS) is 1. The van der Waals surface area contributed by atoms with Crippen molar-refractivity contribution in [1.29, 1.82) is 0 Å². The second-order valence-corrected chi connectivity index (χ2v) is 4.11. The molecule has 0 aromatic carbocycles. The quantitative estimate of drug-likeness (QED) is 0.671. The molecule has 0 radical (unpaired) electrons. The van der Waals surface area contributed by atoms with E-state index in [9.17, 15) is 9.90 Å². The monoisotopic (exact) mass is 243 g/mol. The van der Waals surface area contributed by atoms with Gasteiger partial charge >= 0.3 is 0 Å². The van der Waals surface area contributed by atoms with Crippen LogP contribution in [0.3, 0.4) is 0 Å². The highest BCUT2D eigenvalue weighted by Crippen LogP contribution is 2.15. The minimum absolute atomic E-state index is 0.0868. The molecule has 6 heteroatoms. The molecule has 0 amide bonds. The fourth-order valence-electron chi connectivity index (χ4n) is 1.12. The van der Waals surface area contributed by atoms with E-state index in [1.165, 1.54) is 11.0 Å². The van der Waals surface area contributed by atoms with Crippen LogP contribution in [-0.4, -0.2) is 38.1 Å². The third kappa shape index (κ3) is 3.67. The molecule has 0 saturated carbocycles. The number of quaternary nitrogens is 1. The van der Waals surface area contributed by atoms with Gasteiger partial charge in [0, 0.05) is 0 Å². The smallest absolute Gasteiger partial charge is 0.127 e. The molecule has 2 N–H and O–H groups in total. The summed E-state index contributed by atoms with van der Waals surface area (Å²) in [7, 11) is 4.06. The van der Waals surface area contributed by atoms with Gasteiger partial charge in [-0.15, -0.1) is 0 Å². The van der Waals surface area contributed by atoms with E-state index in [1.807, 2.05) is 14.1 Å². The molecule has 1 rings (SSSR count). The van der Waals surface area contributed by atoms with Crippen molar-refractivity contribution < 1.29 is 14.8 Å². The van der Waals surface area contributed by atoms with Gasteiger partial charge in [0.2, 0.25) is 0 Å². The number of hydrogen-bond acceptors (Lipinski definition) is 4. The molecule has 0 aliphatic heterocycles. The number of hydrogen-bond donors (Lipinski definition) is 2. The summed E-state index contributed by atoms with van der Waals surface area (Å²) >= 11 is 5.66. The van der Waals surface area contributed by atoms with Crippen molar-refractivity contribution in [1.82, 2.24) is 4.98 Å². The van der Waals surface area contributed by atoms with E-state index in [0.29, 0.717) is 12.4 Å². The average Bonchev–Trinajstić information content (AvgIpc) is 2.19. The van der Waals surface area contributed by atoms with Gasteiger partial charge in [-0.25, -0.2) is 4.98 Å². The number of pyridine rings is 1. The molecule has 1 aromatic rings. The van der Waals surface area contributed by atoms with Gasteiger partial charge in [0.1, 0.15) is 11.5 Å². The number of likely N-dealkylation sites (N-methyl/N-ethyl adjacent to an activating group) is 1. The summed E-state index contributed by atoms with van der Waals surface area (Å²) in [4.78, 5) is 15.8. The Morgan fingerprint density at radius 2 is 2.25 bits per heavy atom. The minimum atomic E-state index is -1.37. The Balaban J connectivity index is 2.68. The number of aromatic nitrogens is 1. The minimum Gasteiger partial charge on any atom is -0.543 e. The van der Waals surface area contributed by atoms with Gasteiger partial charge in [0.05, 0.1) is 38.2 Å². The van der Waals surface area contributed by atoms with E-state index >= 15 is 0 Å². The van der Waals surface area contributed by atoms with Crippen LogP contribution in [0.15, 0.2) is 12.1 Å². The molecule has 5 nitrogen and oxygen atoms in total. The van der Waals surface area contributed by atoms with Crippen LogP contribution in [0.2, 0.25) is 5.02 Å². The molecule has 1 aromatic heterocycles. The van der Waals surface area contributed by atoms with Crippen LogP contribution in [-0.2, 0) is 0 Å². The molecule has 0 atom stereocenters. The second kappa shape index (κ2) is 5.67. The van der Waals surface area contributed by atoms with Gasteiger partial charge in [-0.3, -0.25) is 0 Å². The van der Waals surface area contributed by atoms with E-state index in [2.05, 4.69) is 10.3 Å². The standard InChI is InChI=1S/C10H14ClN3O2/c1-14(2)6-5-12-8-4-3-7(11)9(13-8)10(15)16/h3-4H,5-6H2,1-2H3,(H,12,13)(H,15,16). The first-order valence-electron chi connectivity index (χ1n) is 4.91. The molecule has 0 saturated heterocycles. The highest BCUT2D eigenvalue weighted by atomic mass is 35.5. The van der Waals surface area contributed by atoms with Crippen LogP contribution < -0.4 is 15.3 Å². The Labute approximate surface area is 99.0 Å². The van der Waals surface area contributed by atoms with Gasteiger partial charge < -0.3 is 20.1 Å². The van der Waals surface area contributed by atoms with E-state index in [-0.39, 0.29) is 10.7 Å². The number of carbonyl (C=O) groups excluding carboxylic acids is 1.